The van der Waals surface area contributed by atoms with Crippen molar-refractivity contribution >= 4 is 45.4 Å². The predicted octanol–water partition coefficient (Wildman–Crippen LogP) is 3.45. The molecule has 0 radical (unpaired) electrons. The number of ether oxygens (including phenoxy) is 2. The van der Waals surface area contributed by atoms with Crippen molar-refractivity contribution in [3.05, 3.63) is 37.9 Å². The van der Waals surface area contributed by atoms with Gasteiger partial charge in [-0.25, -0.2) is 4.79 Å². The predicted molar refractivity (Wildman–Crippen MR) is 102 cm³/mol. The van der Waals surface area contributed by atoms with E-state index in [0.29, 0.717) is 4.88 Å². The van der Waals surface area contributed by atoms with Gasteiger partial charge in [-0.1, -0.05) is 0 Å². The zero-order valence-electron chi connectivity index (χ0n) is 14.9. The van der Waals surface area contributed by atoms with Crippen LogP contribution in [-0.2, 0) is 20.9 Å². The van der Waals surface area contributed by atoms with E-state index in [2.05, 4.69) is 0 Å². The number of carbonyl (C=O) groups is 3. The lowest BCUT2D eigenvalue weighted by molar-refractivity contribution is -0.144. The van der Waals surface area contributed by atoms with Gasteiger partial charge in [0.2, 0.25) is 0 Å². The minimum Gasteiger partial charge on any atom is -0.462 e. The maximum atomic E-state index is 12.0. The second-order valence-corrected chi connectivity index (χ2v) is 7.82. The highest BCUT2D eigenvalue weighted by Crippen LogP contribution is 2.32. The number of thiophene rings is 2. The molecular weight excluding hydrogens is 388 g/mol. The molecule has 0 fully saturated rings. The fourth-order valence-corrected chi connectivity index (χ4v) is 4.01. The molecule has 2 aromatic heterocycles. The van der Waals surface area contributed by atoms with Crippen molar-refractivity contribution in [2.24, 2.45) is 0 Å². The van der Waals surface area contributed by atoms with Crippen LogP contribution in [-0.4, -0.2) is 24.3 Å². The van der Waals surface area contributed by atoms with Gasteiger partial charge in [0.25, 0.3) is 0 Å². The Morgan fingerprint density at radius 1 is 1.19 bits per heavy atom. The van der Waals surface area contributed by atoms with E-state index < -0.39 is 11.9 Å². The van der Waals surface area contributed by atoms with E-state index in [-0.39, 0.29) is 52.8 Å². The molecule has 0 atom stereocenters. The Labute approximate surface area is 164 Å². The first-order valence-corrected chi connectivity index (χ1v) is 9.74. The number of ketones is 1. The third-order valence-electron chi connectivity index (χ3n) is 3.56. The van der Waals surface area contributed by atoms with Crippen molar-refractivity contribution in [2.45, 2.75) is 33.3 Å². The first-order valence-electron chi connectivity index (χ1n) is 8.11. The van der Waals surface area contributed by atoms with Gasteiger partial charge in [0, 0.05) is 16.9 Å². The summed E-state index contributed by atoms with van der Waals surface area (Å²) in [7, 11) is 0. The number of hydrogen-bond acceptors (Lipinski definition) is 9. The molecule has 0 aromatic carbocycles. The van der Waals surface area contributed by atoms with Crippen molar-refractivity contribution < 1.29 is 23.9 Å². The molecule has 0 saturated carbocycles. The van der Waals surface area contributed by atoms with Crippen molar-refractivity contribution in [2.75, 3.05) is 12.3 Å². The standard InChI is InChI=1S/C18H18N2O5S2/c1-3-24-18(23)16-12(11(8-19)17(20)27-16)9-25-15(22)7-5-13(21)14-6-4-10(2)26-14/h4,6H,3,5,7,9,20H2,1-2H3. The number of nitrogens with zero attached hydrogens (tertiary/aromatic N) is 1. The Bertz CT molecular complexity index is 907. The summed E-state index contributed by atoms with van der Waals surface area (Å²) in [4.78, 5) is 37.8. The Balaban J connectivity index is 1.99. The fraction of sp³-hybridized carbons (Fsp3) is 0.333. The van der Waals surface area contributed by atoms with Crippen LogP contribution in [0.25, 0.3) is 0 Å². The molecule has 7 nitrogen and oxygen atoms in total. The fourth-order valence-electron chi connectivity index (χ4n) is 2.25. The third kappa shape index (κ3) is 5.15. The maximum Gasteiger partial charge on any atom is 0.348 e. The van der Waals surface area contributed by atoms with Crippen molar-refractivity contribution in [3.63, 3.8) is 0 Å². The minimum atomic E-state index is -0.620. The molecule has 0 aliphatic heterocycles. The summed E-state index contributed by atoms with van der Waals surface area (Å²) >= 11 is 2.29. The van der Waals surface area contributed by atoms with Gasteiger partial charge in [-0.05, 0) is 26.0 Å². The number of nitrogens with two attached hydrogens (primary N) is 1. The van der Waals surface area contributed by atoms with Gasteiger partial charge in [0.1, 0.15) is 22.6 Å². The number of carbonyl (C=O) groups excluding carboxylic acids is 3. The average molecular weight is 406 g/mol. The molecular formula is C18H18N2O5S2. The molecule has 2 aromatic rings. The molecule has 27 heavy (non-hydrogen) atoms. The normalized spacial score (nSPS) is 10.3. The molecule has 2 rings (SSSR count). The number of aryl methyl sites for hydroxylation is 1. The Morgan fingerprint density at radius 3 is 2.52 bits per heavy atom. The van der Waals surface area contributed by atoms with E-state index in [1.165, 1.54) is 11.3 Å². The summed E-state index contributed by atoms with van der Waals surface area (Å²) in [6.07, 6.45) is -0.0631. The Hall–Kier alpha value is -2.70. The van der Waals surface area contributed by atoms with Gasteiger partial charge < -0.3 is 15.2 Å². The number of Topliss-reactive ketones (excluding diaryl/α,β-unsaturated/α-hetero) is 1. The van der Waals surface area contributed by atoms with Crippen LogP contribution in [0.2, 0.25) is 0 Å². The van der Waals surface area contributed by atoms with Crippen LogP contribution in [0.5, 0.6) is 0 Å². The highest BCUT2D eigenvalue weighted by Gasteiger charge is 2.24. The van der Waals surface area contributed by atoms with E-state index in [9.17, 15) is 19.6 Å². The molecule has 0 amide bonds. The summed E-state index contributed by atoms with van der Waals surface area (Å²) in [5, 5.41) is 9.40. The van der Waals surface area contributed by atoms with E-state index in [1.54, 1.807) is 13.0 Å². The van der Waals surface area contributed by atoms with E-state index in [4.69, 9.17) is 15.2 Å². The van der Waals surface area contributed by atoms with Gasteiger partial charge in [0.05, 0.1) is 23.5 Å². The summed E-state index contributed by atoms with van der Waals surface area (Å²) in [5.74, 6) is -1.35. The van der Waals surface area contributed by atoms with E-state index >= 15 is 0 Å². The van der Waals surface area contributed by atoms with Gasteiger partial charge in [-0.15, -0.1) is 22.7 Å². The second-order valence-electron chi connectivity index (χ2n) is 5.48. The molecule has 0 aliphatic carbocycles. The topological polar surface area (TPSA) is 119 Å². The number of anilines is 1. The monoisotopic (exact) mass is 406 g/mol. The van der Waals surface area contributed by atoms with Gasteiger partial charge in [0.15, 0.2) is 5.78 Å². The third-order valence-corrected chi connectivity index (χ3v) is 5.64. The van der Waals surface area contributed by atoms with Crippen LogP contribution in [0.3, 0.4) is 0 Å². The van der Waals surface area contributed by atoms with Crippen LogP contribution in [0, 0.1) is 18.3 Å². The number of nitriles is 1. The van der Waals surface area contributed by atoms with Crippen molar-refractivity contribution in [1.29, 1.82) is 5.26 Å². The number of rotatable bonds is 8. The quantitative estimate of drug-likeness (QED) is 0.526. The van der Waals surface area contributed by atoms with Gasteiger partial charge in [-0.3, -0.25) is 9.59 Å². The minimum absolute atomic E-state index is 0.0282. The lowest BCUT2D eigenvalue weighted by Crippen LogP contribution is -2.11. The molecule has 0 aliphatic rings. The number of nitrogen functional groups attached to an aromatic ring is 1. The molecule has 0 bridgehead atoms. The van der Waals surface area contributed by atoms with Crippen LogP contribution >= 0.6 is 22.7 Å². The summed E-state index contributed by atoms with van der Waals surface area (Å²) in [6, 6.07) is 5.49. The maximum absolute atomic E-state index is 12.0. The molecule has 0 saturated heterocycles. The molecule has 0 unspecified atom stereocenters. The zero-order valence-corrected chi connectivity index (χ0v) is 16.5. The van der Waals surface area contributed by atoms with Gasteiger partial charge >= 0.3 is 11.9 Å². The molecule has 2 heterocycles. The number of esters is 2. The van der Waals surface area contributed by atoms with Crippen molar-refractivity contribution in [1.82, 2.24) is 0 Å². The highest BCUT2D eigenvalue weighted by molar-refractivity contribution is 7.18. The lowest BCUT2D eigenvalue weighted by atomic mass is 10.1. The lowest BCUT2D eigenvalue weighted by Gasteiger charge is -2.06. The first-order chi connectivity index (χ1) is 12.9. The Morgan fingerprint density at radius 2 is 1.93 bits per heavy atom. The van der Waals surface area contributed by atoms with Crippen LogP contribution in [0.15, 0.2) is 12.1 Å². The zero-order chi connectivity index (χ0) is 20.0. The van der Waals surface area contributed by atoms with Crippen LogP contribution in [0.4, 0.5) is 5.00 Å². The van der Waals surface area contributed by atoms with E-state index in [0.717, 1.165) is 16.2 Å². The largest absolute Gasteiger partial charge is 0.462 e. The van der Waals surface area contributed by atoms with Crippen LogP contribution in [0.1, 0.15) is 55.1 Å². The molecule has 9 heteroatoms. The Kier molecular flexibility index (Phi) is 7.10. The average Bonchev–Trinajstić information content (AvgIpc) is 3.21. The van der Waals surface area contributed by atoms with Gasteiger partial charge in [-0.2, -0.15) is 5.26 Å². The second kappa shape index (κ2) is 9.30. The SMILES string of the molecule is CCOC(=O)c1sc(N)c(C#N)c1COC(=O)CCC(=O)c1ccc(C)s1. The molecule has 0 spiro atoms. The molecule has 142 valence electrons. The summed E-state index contributed by atoms with van der Waals surface area (Å²) in [6.45, 7) is 3.44. The highest BCUT2D eigenvalue weighted by atomic mass is 32.1. The summed E-state index contributed by atoms with van der Waals surface area (Å²) in [5.41, 5.74) is 6.09. The van der Waals surface area contributed by atoms with Crippen molar-refractivity contribution in [3.8, 4) is 6.07 Å². The smallest absolute Gasteiger partial charge is 0.348 e. The van der Waals surface area contributed by atoms with Crippen LogP contribution < -0.4 is 5.73 Å². The first kappa shape index (κ1) is 20.6. The molecule has 2 N–H and O–H groups in total. The number of hydrogen-bond donors (Lipinski definition) is 1. The summed E-state index contributed by atoms with van der Waals surface area (Å²) < 4.78 is 10.1. The van der Waals surface area contributed by atoms with E-state index in [1.807, 2.05) is 19.1 Å².